The SMILES string of the molecule is Cc1cc(C)n(CC(C)CNC(=O)NC2CCCCC2CO)n1. The van der Waals surface area contributed by atoms with Crippen molar-refractivity contribution in [3.05, 3.63) is 17.5 Å². The van der Waals surface area contributed by atoms with Crippen LogP contribution >= 0.6 is 0 Å². The number of carbonyl (C=O) groups is 1. The van der Waals surface area contributed by atoms with Crippen LogP contribution in [0, 0.1) is 25.7 Å². The van der Waals surface area contributed by atoms with Crippen LogP contribution < -0.4 is 10.6 Å². The van der Waals surface area contributed by atoms with E-state index >= 15 is 0 Å². The molecule has 1 aromatic rings. The maximum absolute atomic E-state index is 12.1. The van der Waals surface area contributed by atoms with Gasteiger partial charge in [-0.2, -0.15) is 5.10 Å². The van der Waals surface area contributed by atoms with Gasteiger partial charge in [0.25, 0.3) is 0 Å². The fourth-order valence-corrected chi connectivity index (χ4v) is 3.32. The van der Waals surface area contributed by atoms with E-state index in [1.54, 1.807) is 0 Å². The monoisotopic (exact) mass is 322 g/mol. The Labute approximate surface area is 138 Å². The lowest BCUT2D eigenvalue weighted by molar-refractivity contribution is 0.153. The summed E-state index contributed by atoms with van der Waals surface area (Å²) in [7, 11) is 0. The second-order valence-corrected chi connectivity index (χ2v) is 6.90. The zero-order valence-corrected chi connectivity index (χ0v) is 14.5. The third-order valence-corrected chi connectivity index (χ3v) is 4.66. The number of hydrogen-bond acceptors (Lipinski definition) is 3. The van der Waals surface area contributed by atoms with Crippen molar-refractivity contribution in [2.45, 2.75) is 59.0 Å². The van der Waals surface area contributed by atoms with E-state index in [-0.39, 0.29) is 24.6 Å². The number of hydrogen-bond donors (Lipinski definition) is 3. The summed E-state index contributed by atoms with van der Waals surface area (Å²) >= 11 is 0. The molecule has 6 heteroatoms. The quantitative estimate of drug-likeness (QED) is 0.749. The average Bonchev–Trinajstić information content (AvgIpc) is 2.83. The minimum atomic E-state index is -0.129. The van der Waals surface area contributed by atoms with Crippen molar-refractivity contribution in [1.82, 2.24) is 20.4 Å². The Hall–Kier alpha value is -1.56. The van der Waals surface area contributed by atoms with Gasteiger partial charge in [0.1, 0.15) is 0 Å². The first-order valence-electron chi connectivity index (χ1n) is 8.66. The van der Waals surface area contributed by atoms with Crippen molar-refractivity contribution < 1.29 is 9.90 Å². The summed E-state index contributed by atoms with van der Waals surface area (Å²) < 4.78 is 1.99. The lowest BCUT2D eigenvalue weighted by Gasteiger charge is -2.31. The summed E-state index contributed by atoms with van der Waals surface area (Å²) in [5, 5.41) is 19.8. The molecule has 3 N–H and O–H groups in total. The largest absolute Gasteiger partial charge is 0.396 e. The van der Waals surface area contributed by atoms with E-state index in [0.29, 0.717) is 12.5 Å². The lowest BCUT2D eigenvalue weighted by atomic mass is 9.85. The highest BCUT2D eigenvalue weighted by Gasteiger charge is 2.25. The van der Waals surface area contributed by atoms with Crippen LogP contribution in [0.15, 0.2) is 6.07 Å². The van der Waals surface area contributed by atoms with Crippen molar-refractivity contribution in [3.63, 3.8) is 0 Å². The summed E-state index contributed by atoms with van der Waals surface area (Å²) in [4.78, 5) is 12.1. The van der Waals surface area contributed by atoms with Gasteiger partial charge in [0.2, 0.25) is 0 Å². The molecule has 0 bridgehead atoms. The molecular formula is C17H30N4O2. The number of nitrogens with one attached hydrogen (secondary N) is 2. The zero-order chi connectivity index (χ0) is 16.8. The summed E-state index contributed by atoms with van der Waals surface area (Å²) in [6.07, 6.45) is 4.22. The number of aromatic nitrogens is 2. The summed E-state index contributed by atoms with van der Waals surface area (Å²) in [5.74, 6) is 0.500. The molecule has 2 rings (SSSR count). The van der Waals surface area contributed by atoms with E-state index in [4.69, 9.17) is 0 Å². The van der Waals surface area contributed by atoms with Gasteiger partial charge in [-0.3, -0.25) is 4.68 Å². The van der Waals surface area contributed by atoms with E-state index in [0.717, 1.165) is 43.6 Å². The van der Waals surface area contributed by atoms with Gasteiger partial charge in [-0.05, 0) is 38.7 Å². The Morgan fingerprint density at radius 1 is 1.43 bits per heavy atom. The van der Waals surface area contributed by atoms with E-state index in [1.165, 1.54) is 0 Å². The second kappa shape index (κ2) is 8.34. The molecule has 0 spiro atoms. The molecule has 0 aliphatic heterocycles. The molecule has 3 unspecified atom stereocenters. The highest BCUT2D eigenvalue weighted by atomic mass is 16.3. The topological polar surface area (TPSA) is 79.2 Å². The molecule has 3 atom stereocenters. The van der Waals surface area contributed by atoms with Gasteiger partial charge >= 0.3 is 6.03 Å². The number of carbonyl (C=O) groups excluding carboxylic acids is 1. The Morgan fingerprint density at radius 2 is 2.17 bits per heavy atom. The van der Waals surface area contributed by atoms with Crippen LogP contribution in [0.25, 0.3) is 0 Å². The molecule has 1 aliphatic carbocycles. The molecule has 1 heterocycles. The first-order valence-corrected chi connectivity index (χ1v) is 8.66. The Bertz CT molecular complexity index is 515. The normalized spacial score (nSPS) is 22.6. The van der Waals surface area contributed by atoms with Crippen molar-refractivity contribution in [2.24, 2.45) is 11.8 Å². The summed E-state index contributed by atoms with van der Waals surface area (Å²) in [5.41, 5.74) is 2.17. The van der Waals surface area contributed by atoms with Crippen LogP contribution in [0.1, 0.15) is 44.0 Å². The number of urea groups is 1. The molecule has 130 valence electrons. The van der Waals surface area contributed by atoms with Crippen LogP contribution in [-0.4, -0.2) is 40.1 Å². The first kappa shape index (κ1) is 17.8. The first-order chi connectivity index (χ1) is 11.0. The molecule has 2 amide bonds. The number of nitrogens with zero attached hydrogens (tertiary/aromatic N) is 2. The number of rotatable bonds is 6. The van der Waals surface area contributed by atoms with Gasteiger partial charge in [0, 0.05) is 37.4 Å². The van der Waals surface area contributed by atoms with Crippen LogP contribution in [0.5, 0.6) is 0 Å². The van der Waals surface area contributed by atoms with E-state index < -0.39 is 0 Å². The third kappa shape index (κ3) is 5.23. The smallest absolute Gasteiger partial charge is 0.315 e. The van der Waals surface area contributed by atoms with Crippen molar-refractivity contribution >= 4 is 6.03 Å². The molecule has 23 heavy (non-hydrogen) atoms. The minimum absolute atomic E-state index is 0.0973. The molecule has 0 aromatic carbocycles. The number of aliphatic hydroxyl groups excluding tert-OH is 1. The number of amides is 2. The second-order valence-electron chi connectivity index (χ2n) is 6.90. The van der Waals surface area contributed by atoms with Crippen molar-refractivity contribution in [2.75, 3.05) is 13.2 Å². The van der Waals surface area contributed by atoms with Crippen LogP contribution in [-0.2, 0) is 6.54 Å². The molecule has 0 radical (unpaired) electrons. The molecule has 1 fully saturated rings. The molecular weight excluding hydrogens is 292 g/mol. The molecule has 1 aromatic heterocycles. The predicted molar refractivity (Wildman–Crippen MR) is 90.2 cm³/mol. The molecule has 0 saturated heterocycles. The van der Waals surface area contributed by atoms with Crippen LogP contribution in [0.3, 0.4) is 0 Å². The maximum Gasteiger partial charge on any atom is 0.315 e. The van der Waals surface area contributed by atoms with Gasteiger partial charge in [-0.1, -0.05) is 19.8 Å². The Balaban J connectivity index is 1.74. The Morgan fingerprint density at radius 3 is 2.83 bits per heavy atom. The third-order valence-electron chi connectivity index (χ3n) is 4.66. The van der Waals surface area contributed by atoms with Gasteiger partial charge < -0.3 is 15.7 Å². The summed E-state index contributed by atoms with van der Waals surface area (Å²) in [6, 6.07) is 2.03. The van der Waals surface area contributed by atoms with Crippen LogP contribution in [0.4, 0.5) is 4.79 Å². The Kier molecular flexibility index (Phi) is 6.45. The van der Waals surface area contributed by atoms with Gasteiger partial charge in [-0.25, -0.2) is 4.79 Å². The maximum atomic E-state index is 12.1. The number of aryl methyl sites for hydroxylation is 2. The number of aliphatic hydroxyl groups is 1. The molecule has 6 nitrogen and oxygen atoms in total. The predicted octanol–water partition coefficient (Wildman–Crippen LogP) is 1.99. The van der Waals surface area contributed by atoms with Gasteiger partial charge in [-0.15, -0.1) is 0 Å². The molecule has 1 aliphatic rings. The highest BCUT2D eigenvalue weighted by molar-refractivity contribution is 5.74. The zero-order valence-electron chi connectivity index (χ0n) is 14.5. The molecule has 1 saturated carbocycles. The van der Waals surface area contributed by atoms with Crippen molar-refractivity contribution in [1.29, 1.82) is 0 Å². The fraction of sp³-hybridized carbons (Fsp3) is 0.765. The van der Waals surface area contributed by atoms with Gasteiger partial charge in [0.05, 0.1) is 5.69 Å². The van der Waals surface area contributed by atoms with E-state index in [1.807, 2.05) is 18.5 Å². The highest BCUT2D eigenvalue weighted by Crippen LogP contribution is 2.23. The van der Waals surface area contributed by atoms with Crippen LogP contribution in [0.2, 0.25) is 0 Å². The van der Waals surface area contributed by atoms with E-state index in [9.17, 15) is 9.90 Å². The van der Waals surface area contributed by atoms with Gasteiger partial charge in [0.15, 0.2) is 0 Å². The minimum Gasteiger partial charge on any atom is -0.396 e. The summed E-state index contributed by atoms with van der Waals surface area (Å²) in [6.45, 7) is 7.70. The standard InChI is InChI=1S/C17H30N4O2/c1-12(10-21-14(3)8-13(2)20-21)9-18-17(23)19-16-7-5-4-6-15(16)11-22/h8,12,15-16,22H,4-7,9-11H2,1-3H3,(H2,18,19,23). The lowest BCUT2D eigenvalue weighted by Crippen LogP contribution is -2.48. The fourth-order valence-electron chi connectivity index (χ4n) is 3.32. The average molecular weight is 322 g/mol. The van der Waals surface area contributed by atoms with Crippen molar-refractivity contribution in [3.8, 4) is 0 Å². The van der Waals surface area contributed by atoms with E-state index in [2.05, 4.69) is 28.7 Å².